The Morgan fingerprint density at radius 2 is 1.42 bits per heavy atom. The molecule has 162 valence electrons. The van der Waals surface area contributed by atoms with Crippen LogP contribution >= 0.6 is 0 Å². The molecule has 1 atom stereocenters. The Kier molecular flexibility index (Phi) is 6.81. The molecule has 8 heteroatoms. The van der Waals surface area contributed by atoms with Crippen LogP contribution in [0, 0.1) is 0 Å². The molecule has 0 unspecified atom stereocenters. The average molecular weight is 441 g/mol. The van der Waals surface area contributed by atoms with Gasteiger partial charge in [-0.2, -0.15) is 0 Å². The standard InChI is InChI=1S/C23H24N2O5S/c1-17(29-21-15-11-19(12-16-21)25(2)31(3,27)28)23(26)24-18-9-13-22(14-10-18)30-20-7-5-4-6-8-20/h4-17H,1-3H3,(H,24,26)/t17-/m0/s1. The van der Waals surface area contributed by atoms with Gasteiger partial charge in [-0.25, -0.2) is 8.42 Å². The third-order valence-corrected chi connectivity index (χ3v) is 5.69. The van der Waals surface area contributed by atoms with Crippen LogP contribution in [0.25, 0.3) is 0 Å². The molecule has 0 saturated carbocycles. The molecule has 0 aromatic heterocycles. The summed E-state index contributed by atoms with van der Waals surface area (Å²) in [6.07, 6.45) is 0.378. The van der Waals surface area contributed by atoms with Crippen molar-refractivity contribution in [3.05, 3.63) is 78.9 Å². The van der Waals surface area contributed by atoms with E-state index in [0.717, 1.165) is 16.3 Å². The molecule has 1 N–H and O–H groups in total. The number of sulfonamides is 1. The summed E-state index contributed by atoms with van der Waals surface area (Å²) in [6.45, 7) is 1.64. The number of nitrogens with one attached hydrogen (secondary N) is 1. The van der Waals surface area contributed by atoms with Crippen molar-refractivity contribution in [3.63, 3.8) is 0 Å². The Balaban J connectivity index is 1.55. The van der Waals surface area contributed by atoms with Crippen LogP contribution in [0.3, 0.4) is 0 Å². The zero-order valence-corrected chi connectivity index (χ0v) is 18.3. The van der Waals surface area contributed by atoms with Gasteiger partial charge in [-0.05, 0) is 67.6 Å². The number of ether oxygens (including phenoxy) is 2. The van der Waals surface area contributed by atoms with E-state index in [1.54, 1.807) is 55.5 Å². The Labute approximate surface area is 182 Å². The van der Waals surface area contributed by atoms with Crippen LogP contribution in [0.2, 0.25) is 0 Å². The van der Waals surface area contributed by atoms with Crippen molar-refractivity contribution in [3.8, 4) is 17.2 Å². The van der Waals surface area contributed by atoms with Gasteiger partial charge in [0.2, 0.25) is 10.0 Å². The highest BCUT2D eigenvalue weighted by Gasteiger charge is 2.16. The number of nitrogens with zero attached hydrogens (tertiary/aromatic N) is 1. The maximum Gasteiger partial charge on any atom is 0.265 e. The van der Waals surface area contributed by atoms with Crippen LogP contribution in [0.15, 0.2) is 78.9 Å². The van der Waals surface area contributed by atoms with E-state index in [4.69, 9.17) is 9.47 Å². The molecule has 0 radical (unpaired) electrons. The molecule has 0 heterocycles. The second-order valence-electron chi connectivity index (χ2n) is 6.91. The summed E-state index contributed by atoms with van der Waals surface area (Å²) in [7, 11) is -1.87. The first-order valence-electron chi connectivity index (χ1n) is 9.57. The topological polar surface area (TPSA) is 84.9 Å². The number of hydrogen-bond acceptors (Lipinski definition) is 5. The first-order chi connectivity index (χ1) is 14.7. The summed E-state index contributed by atoms with van der Waals surface area (Å²) in [5.74, 6) is 1.54. The number of hydrogen-bond donors (Lipinski definition) is 1. The van der Waals surface area contributed by atoms with Gasteiger partial charge in [-0.15, -0.1) is 0 Å². The molecular formula is C23H24N2O5S. The van der Waals surface area contributed by atoms with Crippen LogP contribution in [0.4, 0.5) is 11.4 Å². The number of benzene rings is 3. The van der Waals surface area contributed by atoms with Crippen LogP contribution < -0.4 is 19.1 Å². The molecular weight excluding hydrogens is 416 g/mol. The Morgan fingerprint density at radius 3 is 2.00 bits per heavy atom. The third kappa shape index (κ3) is 6.23. The molecule has 31 heavy (non-hydrogen) atoms. The lowest BCUT2D eigenvalue weighted by molar-refractivity contribution is -0.122. The number of carbonyl (C=O) groups is 1. The average Bonchev–Trinajstić information content (AvgIpc) is 2.75. The number of amides is 1. The molecule has 0 spiro atoms. The van der Waals surface area contributed by atoms with Crippen molar-refractivity contribution in [2.45, 2.75) is 13.0 Å². The van der Waals surface area contributed by atoms with Crippen molar-refractivity contribution in [1.29, 1.82) is 0 Å². The first kappa shape index (κ1) is 22.2. The zero-order chi connectivity index (χ0) is 22.4. The number of rotatable bonds is 8. The molecule has 7 nitrogen and oxygen atoms in total. The lowest BCUT2D eigenvalue weighted by Crippen LogP contribution is -2.30. The molecule has 0 aliphatic carbocycles. The summed E-state index contributed by atoms with van der Waals surface area (Å²) in [5.41, 5.74) is 1.12. The maximum atomic E-state index is 12.4. The highest BCUT2D eigenvalue weighted by atomic mass is 32.2. The maximum absolute atomic E-state index is 12.4. The van der Waals surface area contributed by atoms with Gasteiger partial charge in [0.25, 0.3) is 5.91 Å². The molecule has 3 aromatic rings. The summed E-state index contributed by atoms with van der Waals surface area (Å²) in [4.78, 5) is 12.4. The van der Waals surface area contributed by atoms with Gasteiger partial charge in [-0.3, -0.25) is 9.10 Å². The summed E-state index contributed by atoms with van der Waals surface area (Å²) in [6, 6.07) is 22.9. The van der Waals surface area contributed by atoms with E-state index in [2.05, 4.69) is 5.32 Å². The molecule has 0 fully saturated rings. The molecule has 0 aliphatic rings. The van der Waals surface area contributed by atoms with E-state index in [1.165, 1.54) is 7.05 Å². The van der Waals surface area contributed by atoms with Gasteiger partial charge in [0.1, 0.15) is 17.2 Å². The molecule has 3 rings (SSSR count). The SMILES string of the molecule is C[C@H](Oc1ccc(N(C)S(C)(=O)=O)cc1)C(=O)Nc1ccc(Oc2ccccc2)cc1. The number of carbonyl (C=O) groups excluding carboxylic acids is 1. The monoisotopic (exact) mass is 440 g/mol. The van der Waals surface area contributed by atoms with E-state index in [-0.39, 0.29) is 5.91 Å². The van der Waals surface area contributed by atoms with Crippen LogP contribution in [0.5, 0.6) is 17.2 Å². The summed E-state index contributed by atoms with van der Waals surface area (Å²) < 4.78 is 35.8. The fourth-order valence-corrected chi connectivity index (χ4v) is 3.16. The zero-order valence-electron chi connectivity index (χ0n) is 17.5. The fourth-order valence-electron chi connectivity index (χ4n) is 2.66. The van der Waals surface area contributed by atoms with Crippen molar-refractivity contribution in [1.82, 2.24) is 0 Å². The van der Waals surface area contributed by atoms with Crippen molar-refractivity contribution < 1.29 is 22.7 Å². The second kappa shape index (κ2) is 9.53. The van der Waals surface area contributed by atoms with Gasteiger partial charge >= 0.3 is 0 Å². The molecule has 0 bridgehead atoms. The van der Waals surface area contributed by atoms with Crippen LogP contribution in [0.1, 0.15) is 6.92 Å². The predicted molar refractivity (Wildman–Crippen MR) is 121 cm³/mol. The van der Waals surface area contributed by atoms with E-state index >= 15 is 0 Å². The molecule has 0 aliphatic heterocycles. The van der Waals surface area contributed by atoms with E-state index in [1.807, 2.05) is 30.3 Å². The third-order valence-electron chi connectivity index (χ3n) is 4.48. The van der Waals surface area contributed by atoms with E-state index in [9.17, 15) is 13.2 Å². The van der Waals surface area contributed by atoms with Gasteiger partial charge < -0.3 is 14.8 Å². The normalized spacial score (nSPS) is 12.0. The minimum absolute atomic E-state index is 0.311. The molecule has 3 aromatic carbocycles. The van der Waals surface area contributed by atoms with Gasteiger partial charge in [0, 0.05) is 12.7 Å². The minimum Gasteiger partial charge on any atom is -0.481 e. The van der Waals surface area contributed by atoms with Gasteiger partial charge in [-0.1, -0.05) is 18.2 Å². The Hall–Kier alpha value is -3.52. The highest BCUT2D eigenvalue weighted by molar-refractivity contribution is 7.92. The Bertz CT molecular complexity index is 1110. The van der Waals surface area contributed by atoms with Crippen molar-refractivity contribution in [2.75, 3.05) is 22.9 Å². The van der Waals surface area contributed by atoms with Gasteiger partial charge in [0.05, 0.1) is 11.9 Å². The number of para-hydroxylation sites is 1. The quantitative estimate of drug-likeness (QED) is 0.565. The smallest absolute Gasteiger partial charge is 0.265 e. The fraction of sp³-hybridized carbons (Fsp3) is 0.174. The number of anilines is 2. The lowest BCUT2D eigenvalue weighted by Gasteiger charge is -2.18. The molecule has 1 amide bonds. The summed E-state index contributed by atoms with van der Waals surface area (Å²) in [5, 5.41) is 2.80. The van der Waals surface area contributed by atoms with Crippen LogP contribution in [-0.2, 0) is 14.8 Å². The minimum atomic E-state index is -3.34. The van der Waals surface area contributed by atoms with E-state index in [0.29, 0.717) is 22.9 Å². The lowest BCUT2D eigenvalue weighted by atomic mass is 10.2. The van der Waals surface area contributed by atoms with Crippen LogP contribution in [-0.4, -0.2) is 33.7 Å². The molecule has 0 saturated heterocycles. The summed E-state index contributed by atoms with van der Waals surface area (Å²) >= 11 is 0. The van der Waals surface area contributed by atoms with Crippen molar-refractivity contribution >= 4 is 27.3 Å². The van der Waals surface area contributed by atoms with Gasteiger partial charge in [0.15, 0.2) is 6.10 Å². The predicted octanol–water partition coefficient (Wildman–Crippen LogP) is 4.28. The van der Waals surface area contributed by atoms with Crippen molar-refractivity contribution in [2.24, 2.45) is 0 Å². The highest BCUT2D eigenvalue weighted by Crippen LogP contribution is 2.24. The Morgan fingerprint density at radius 1 is 0.871 bits per heavy atom. The largest absolute Gasteiger partial charge is 0.481 e. The first-order valence-corrected chi connectivity index (χ1v) is 11.4. The van der Waals surface area contributed by atoms with E-state index < -0.39 is 16.1 Å². The second-order valence-corrected chi connectivity index (χ2v) is 8.93.